The van der Waals surface area contributed by atoms with Gasteiger partial charge in [-0.3, -0.25) is 14.6 Å². The molecule has 5 rings (SSSR count). The number of nitrogens with zero attached hydrogens (tertiary/aromatic N) is 5. The van der Waals surface area contributed by atoms with Gasteiger partial charge in [0.1, 0.15) is 5.82 Å². The topological polar surface area (TPSA) is 63.5 Å². The number of thiazole rings is 1. The van der Waals surface area contributed by atoms with Crippen LogP contribution in [0.5, 0.6) is 0 Å². The smallest absolute Gasteiger partial charge is 0.263 e. The molecular weight excluding hydrogens is 489 g/mol. The average Bonchev–Trinajstić information content (AvgIpc) is 3.45. The van der Waals surface area contributed by atoms with Crippen LogP contribution in [0.2, 0.25) is 0 Å². The first-order valence-electron chi connectivity index (χ1n) is 11.4. The number of amides is 1. The van der Waals surface area contributed by atoms with Gasteiger partial charge in [-0.15, -0.1) is 12.4 Å². The van der Waals surface area contributed by atoms with Gasteiger partial charge in [0.15, 0.2) is 5.13 Å². The van der Waals surface area contributed by atoms with E-state index in [2.05, 4.69) is 15.0 Å². The number of aromatic nitrogens is 3. The second-order valence-corrected chi connectivity index (χ2v) is 9.27. The van der Waals surface area contributed by atoms with Crippen LogP contribution in [0.25, 0.3) is 15.9 Å². The van der Waals surface area contributed by atoms with Crippen molar-refractivity contribution in [3.8, 4) is 5.69 Å². The molecule has 1 saturated heterocycles. The van der Waals surface area contributed by atoms with Crippen LogP contribution in [0.1, 0.15) is 22.5 Å². The van der Waals surface area contributed by atoms with E-state index in [0.29, 0.717) is 22.8 Å². The van der Waals surface area contributed by atoms with Gasteiger partial charge in [-0.05, 0) is 43.7 Å². The lowest BCUT2D eigenvalue weighted by Crippen LogP contribution is -2.39. The molecule has 10 heteroatoms. The lowest BCUT2D eigenvalue weighted by molar-refractivity contribution is 0.0376. The zero-order valence-corrected chi connectivity index (χ0v) is 21.0. The first-order chi connectivity index (χ1) is 16.6. The molecule has 0 unspecified atom stereocenters. The Bertz CT molecular complexity index is 1290. The minimum atomic E-state index is -0.312. The van der Waals surface area contributed by atoms with Gasteiger partial charge in [0, 0.05) is 26.2 Å². The van der Waals surface area contributed by atoms with Crippen molar-refractivity contribution < 1.29 is 13.9 Å². The summed E-state index contributed by atoms with van der Waals surface area (Å²) in [4.78, 5) is 22.5. The van der Waals surface area contributed by atoms with E-state index < -0.39 is 0 Å². The van der Waals surface area contributed by atoms with Crippen LogP contribution in [-0.4, -0.2) is 65.0 Å². The minimum absolute atomic E-state index is 0. The second kappa shape index (κ2) is 11.3. The van der Waals surface area contributed by atoms with Crippen molar-refractivity contribution >= 4 is 45.0 Å². The van der Waals surface area contributed by atoms with Gasteiger partial charge in [0.05, 0.1) is 46.6 Å². The van der Waals surface area contributed by atoms with E-state index >= 15 is 0 Å². The highest BCUT2D eigenvalue weighted by Crippen LogP contribution is 2.31. The molecule has 0 atom stereocenters. The quantitative estimate of drug-likeness (QED) is 0.356. The van der Waals surface area contributed by atoms with Gasteiger partial charge in [-0.2, -0.15) is 5.10 Å². The third-order valence-electron chi connectivity index (χ3n) is 6.02. The van der Waals surface area contributed by atoms with Crippen LogP contribution in [0.4, 0.5) is 9.52 Å². The Morgan fingerprint density at radius 1 is 1.17 bits per heavy atom. The van der Waals surface area contributed by atoms with Gasteiger partial charge < -0.3 is 4.74 Å². The van der Waals surface area contributed by atoms with Crippen molar-refractivity contribution in [2.45, 2.75) is 13.3 Å². The standard InChI is InChI=1S/C25H26FN5O2S.ClH/c1-18-21(17-27-31(18)20-6-3-2-4-7-20)24(32)30(11-5-10-29-12-14-33-15-13-29)25-28-22-9-8-19(26)16-23(22)34-25;/h2-4,6-9,16-17H,5,10-15H2,1H3;1H. The van der Waals surface area contributed by atoms with E-state index in [4.69, 9.17) is 4.74 Å². The Hall–Kier alpha value is -2.85. The van der Waals surface area contributed by atoms with E-state index in [9.17, 15) is 9.18 Å². The number of morpholine rings is 1. The number of carbonyl (C=O) groups excluding carboxylic acids is 1. The fraction of sp³-hybridized carbons (Fsp3) is 0.320. The molecule has 7 nitrogen and oxygen atoms in total. The molecule has 2 aromatic heterocycles. The Kier molecular flexibility index (Phi) is 8.12. The summed E-state index contributed by atoms with van der Waals surface area (Å²) in [6.07, 6.45) is 2.41. The number of para-hydroxylation sites is 1. The van der Waals surface area contributed by atoms with Crippen LogP contribution in [0.15, 0.2) is 54.7 Å². The molecule has 0 bridgehead atoms. The van der Waals surface area contributed by atoms with Crippen molar-refractivity contribution in [3.63, 3.8) is 0 Å². The minimum Gasteiger partial charge on any atom is -0.379 e. The van der Waals surface area contributed by atoms with Crippen LogP contribution in [0.3, 0.4) is 0 Å². The van der Waals surface area contributed by atoms with Crippen molar-refractivity contribution in [3.05, 3.63) is 71.8 Å². The summed E-state index contributed by atoms with van der Waals surface area (Å²) in [5.41, 5.74) is 2.87. The number of hydrogen-bond acceptors (Lipinski definition) is 6. The average molecular weight is 516 g/mol. The second-order valence-electron chi connectivity index (χ2n) is 8.26. The zero-order valence-electron chi connectivity index (χ0n) is 19.4. The van der Waals surface area contributed by atoms with E-state index in [-0.39, 0.29) is 24.1 Å². The number of rotatable bonds is 7. The highest BCUT2D eigenvalue weighted by Gasteiger charge is 2.25. The highest BCUT2D eigenvalue weighted by molar-refractivity contribution is 7.22. The Labute approximate surface area is 213 Å². The van der Waals surface area contributed by atoms with Crippen molar-refractivity contribution in [1.82, 2.24) is 19.7 Å². The van der Waals surface area contributed by atoms with E-state index in [1.165, 1.54) is 23.5 Å². The molecule has 35 heavy (non-hydrogen) atoms. The fourth-order valence-corrected chi connectivity index (χ4v) is 5.17. The normalized spacial score (nSPS) is 14.1. The highest BCUT2D eigenvalue weighted by atomic mass is 35.5. The number of halogens is 2. The van der Waals surface area contributed by atoms with E-state index in [0.717, 1.165) is 55.4 Å². The van der Waals surface area contributed by atoms with Crippen LogP contribution in [-0.2, 0) is 4.74 Å². The summed E-state index contributed by atoms with van der Waals surface area (Å²) in [7, 11) is 0. The summed E-state index contributed by atoms with van der Waals surface area (Å²) in [5, 5.41) is 5.04. The molecule has 0 radical (unpaired) electrons. The van der Waals surface area contributed by atoms with Crippen LogP contribution >= 0.6 is 23.7 Å². The largest absolute Gasteiger partial charge is 0.379 e. The van der Waals surface area contributed by atoms with Crippen molar-refractivity contribution in [2.24, 2.45) is 0 Å². The molecule has 0 saturated carbocycles. The molecule has 2 aromatic carbocycles. The predicted molar refractivity (Wildman–Crippen MR) is 139 cm³/mol. The number of carbonyl (C=O) groups is 1. The predicted octanol–water partition coefficient (Wildman–Crippen LogP) is 4.72. The summed E-state index contributed by atoms with van der Waals surface area (Å²) in [5.74, 6) is -0.464. The molecule has 4 aromatic rings. The molecule has 0 aliphatic carbocycles. The first-order valence-corrected chi connectivity index (χ1v) is 12.2. The molecule has 1 aliphatic rings. The molecule has 1 fully saturated rings. The fourth-order valence-electron chi connectivity index (χ4n) is 4.16. The maximum atomic E-state index is 13.8. The summed E-state index contributed by atoms with van der Waals surface area (Å²) < 4.78 is 21.7. The first kappa shape index (κ1) is 25.2. The molecule has 0 spiro atoms. The van der Waals surface area contributed by atoms with Crippen molar-refractivity contribution in [1.29, 1.82) is 0 Å². The number of fused-ring (bicyclic) bond motifs is 1. The SMILES string of the molecule is Cc1c(C(=O)N(CCCN2CCOCC2)c2nc3ccc(F)cc3s2)cnn1-c1ccccc1.Cl. The third-order valence-corrected chi connectivity index (χ3v) is 7.06. The Balaban J connectivity index is 0.00000289. The van der Waals surface area contributed by atoms with E-state index in [1.54, 1.807) is 21.8 Å². The molecule has 184 valence electrons. The van der Waals surface area contributed by atoms with Crippen molar-refractivity contribution in [2.75, 3.05) is 44.3 Å². The van der Waals surface area contributed by atoms with Gasteiger partial charge in [-0.25, -0.2) is 14.1 Å². The van der Waals surface area contributed by atoms with Gasteiger partial charge >= 0.3 is 0 Å². The molecule has 3 heterocycles. The van der Waals surface area contributed by atoms with Crippen LogP contribution < -0.4 is 4.90 Å². The van der Waals surface area contributed by atoms with Gasteiger partial charge in [-0.1, -0.05) is 29.5 Å². The lowest BCUT2D eigenvalue weighted by atomic mass is 10.2. The monoisotopic (exact) mass is 515 g/mol. The maximum Gasteiger partial charge on any atom is 0.263 e. The van der Waals surface area contributed by atoms with Gasteiger partial charge in [0.2, 0.25) is 0 Å². The number of hydrogen-bond donors (Lipinski definition) is 0. The molecular formula is C25H27ClFN5O2S. The number of anilines is 1. The Morgan fingerprint density at radius 3 is 2.71 bits per heavy atom. The summed E-state index contributed by atoms with van der Waals surface area (Å²) >= 11 is 1.33. The summed E-state index contributed by atoms with van der Waals surface area (Å²) in [6, 6.07) is 14.2. The molecule has 0 N–H and O–H groups in total. The maximum absolute atomic E-state index is 13.8. The van der Waals surface area contributed by atoms with Crippen LogP contribution in [0, 0.1) is 12.7 Å². The van der Waals surface area contributed by atoms with Gasteiger partial charge in [0.25, 0.3) is 5.91 Å². The molecule has 1 aliphatic heterocycles. The zero-order chi connectivity index (χ0) is 23.5. The third kappa shape index (κ3) is 5.54. The van der Waals surface area contributed by atoms with E-state index in [1.807, 2.05) is 37.3 Å². The Morgan fingerprint density at radius 2 is 1.94 bits per heavy atom. The number of ether oxygens (including phenoxy) is 1. The number of benzene rings is 2. The molecule has 1 amide bonds. The summed E-state index contributed by atoms with van der Waals surface area (Å²) in [6.45, 7) is 6.55. The lowest BCUT2D eigenvalue weighted by Gasteiger charge is -2.27.